The Morgan fingerprint density at radius 3 is 2.93 bits per heavy atom. The van der Waals surface area contributed by atoms with Gasteiger partial charge in [0.2, 0.25) is 0 Å². The van der Waals surface area contributed by atoms with Crippen molar-refractivity contribution < 1.29 is 4.39 Å². The average molecular weight is 223 g/mol. The molecule has 2 aromatic rings. The van der Waals surface area contributed by atoms with Crippen LogP contribution in [0.5, 0.6) is 0 Å². The maximum atomic E-state index is 13.2. The Bertz CT molecular complexity index is 525. The minimum absolute atomic E-state index is 0.160. The zero-order chi connectivity index (χ0) is 10.1. The van der Waals surface area contributed by atoms with Gasteiger partial charge in [-0.25, -0.2) is 4.39 Å². The fraction of sp³-hybridized carbons (Fsp3) is 0.100. The third-order valence-electron chi connectivity index (χ3n) is 1.99. The van der Waals surface area contributed by atoms with Gasteiger partial charge in [0, 0.05) is 15.7 Å². The van der Waals surface area contributed by atoms with Crippen LogP contribution in [0.1, 0.15) is 5.56 Å². The molecule has 0 fully saturated rings. The first-order valence-electron chi connectivity index (χ1n) is 3.91. The summed E-state index contributed by atoms with van der Waals surface area (Å²) in [6.07, 6.45) is 1.97. The van der Waals surface area contributed by atoms with Crippen LogP contribution in [0.25, 0.3) is 10.1 Å². The van der Waals surface area contributed by atoms with Crippen molar-refractivity contribution in [2.45, 2.75) is 4.90 Å². The van der Waals surface area contributed by atoms with E-state index in [1.807, 2.05) is 17.7 Å². The zero-order valence-corrected chi connectivity index (χ0v) is 9.01. The van der Waals surface area contributed by atoms with Crippen molar-refractivity contribution in [1.29, 1.82) is 5.26 Å². The van der Waals surface area contributed by atoms with Crippen molar-refractivity contribution in [2.75, 3.05) is 6.26 Å². The molecule has 0 spiro atoms. The highest BCUT2D eigenvalue weighted by Crippen LogP contribution is 2.34. The second kappa shape index (κ2) is 3.60. The summed E-state index contributed by atoms with van der Waals surface area (Å²) in [5.74, 6) is -0.436. The summed E-state index contributed by atoms with van der Waals surface area (Å²) in [4.78, 5) is 1.10. The maximum Gasteiger partial charge on any atom is 0.142 e. The summed E-state index contributed by atoms with van der Waals surface area (Å²) in [6.45, 7) is 0. The van der Waals surface area contributed by atoms with Crippen LogP contribution in [0, 0.1) is 17.1 Å². The standard InChI is InChI=1S/C10H6FNS2/c1-13-9-5-14-10-6(9)2-3-8(11)7(10)4-12/h2-3,5H,1H3. The fourth-order valence-corrected chi connectivity index (χ4v) is 3.21. The maximum absolute atomic E-state index is 13.2. The second-order valence-electron chi connectivity index (χ2n) is 2.71. The van der Waals surface area contributed by atoms with E-state index in [9.17, 15) is 4.39 Å². The molecule has 0 saturated heterocycles. The molecule has 1 nitrogen and oxygen atoms in total. The molecule has 0 aliphatic heterocycles. The number of fused-ring (bicyclic) bond motifs is 1. The van der Waals surface area contributed by atoms with Gasteiger partial charge < -0.3 is 0 Å². The largest absolute Gasteiger partial charge is 0.205 e. The first-order valence-corrected chi connectivity index (χ1v) is 6.02. The first kappa shape index (κ1) is 9.50. The smallest absolute Gasteiger partial charge is 0.142 e. The lowest BCUT2D eigenvalue weighted by atomic mass is 10.2. The molecule has 0 N–H and O–H groups in total. The molecule has 70 valence electrons. The van der Waals surface area contributed by atoms with E-state index in [4.69, 9.17) is 5.26 Å². The minimum Gasteiger partial charge on any atom is -0.205 e. The summed E-state index contributed by atoms with van der Waals surface area (Å²) in [6, 6.07) is 4.99. The Kier molecular flexibility index (Phi) is 2.44. The summed E-state index contributed by atoms with van der Waals surface area (Å²) < 4.78 is 14.0. The van der Waals surface area contributed by atoms with Gasteiger partial charge in [-0.3, -0.25) is 0 Å². The molecule has 0 atom stereocenters. The highest BCUT2D eigenvalue weighted by atomic mass is 32.2. The van der Waals surface area contributed by atoms with Crippen molar-refractivity contribution in [1.82, 2.24) is 0 Å². The number of hydrogen-bond donors (Lipinski definition) is 0. The summed E-state index contributed by atoms with van der Waals surface area (Å²) in [5.41, 5.74) is 0.160. The van der Waals surface area contributed by atoms with Gasteiger partial charge in [0.1, 0.15) is 17.4 Å². The SMILES string of the molecule is CSc1csc2c(C#N)c(F)ccc12. The predicted octanol–water partition coefficient (Wildman–Crippen LogP) is 3.63. The second-order valence-corrected chi connectivity index (χ2v) is 4.44. The molecule has 0 aliphatic rings. The number of nitriles is 1. The van der Waals surface area contributed by atoms with Gasteiger partial charge >= 0.3 is 0 Å². The third-order valence-corrected chi connectivity index (χ3v) is 3.93. The van der Waals surface area contributed by atoms with Crippen molar-refractivity contribution in [2.24, 2.45) is 0 Å². The van der Waals surface area contributed by atoms with Crippen molar-refractivity contribution in [3.8, 4) is 6.07 Å². The van der Waals surface area contributed by atoms with Gasteiger partial charge in [0.15, 0.2) is 0 Å². The molecule has 0 unspecified atom stereocenters. The number of rotatable bonds is 1. The molecule has 1 aromatic carbocycles. The molecule has 1 aromatic heterocycles. The summed E-state index contributed by atoms with van der Waals surface area (Å²) >= 11 is 3.03. The lowest BCUT2D eigenvalue weighted by Gasteiger charge is -1.96. The Morgan fingerprint density at radius 1 is 1.50 bits per heavy atom. The average Bonchev–Trinajstić information content (AvgIpc) is 2.60. The minimum atomic E-state index is -0.436. The van der Waals surface area contributed by atoms with Gasteiger partial charge in [0.25, 0.3) is 0 Å². The van der Waals surface area contributed by atoms with Crippen molar-refractivity contribution in [3.63, 3.8) is 0 Å². The van der Waals surface area contributed by atoms with E-state index >= 15 is 0 Å². The Balaban J connectivity index is 2.85. The number of hydrogen-bond acceptors (Lipinski definition) is 3. The quantitative estimate of drug-likeness (QED) is 0.689. The molecule has 0 amide bonds. The topological polar surface area (TPSA) is 23.8 Å². The van der Waals surface area contributed by atoms with E-state index in [1.165, 1.54) is 17.4 Å². The summed E-state index contributed by atoms with van der Waals surface area (Å²) in [5, 5.41) is 11.7. The molecule has 0 radical (unpaired) electrons. The van der Waals surface area contributed by atoms with Crippen LogP contribution in [-0.2, 0) is 0 Å². The first-order chi connectivity index (χ1) is 6.77. The van der Waals surface area contributed by atoms with Crippen molar-refractivity contribution >= 4 is 33.2 Å². The number of halogens is 1. The van der Waals surface area contributed by atoms with E-state index < -0.39 is 5.82 Å². The molecule has 1 heterocycles. The molecule has 0 aliphatic carbocycles. The molecule has 4 heteroatoms. The molecular formula is C10H6FNS2. The van der Waals surface area contributed by atoms with E-state index in [1.54, 1.807) is 17.8 Å². The van der Waals surface area contributed by atoms with Gasteiger partial charge in [0.05, 0.1) is 4.70 Å². The van der Waals surface area contributed by atoms with Crippen LogP contribution in [0.2, 0.25) is 0 Å². The van der Waals surface area contributed by atoms with E-state index in [2.05, 4.69) is 0 Å². The lowest BCUT2D eigenvalue weighted by molar-refractivity contribution is 0.626. The lowest BCUT2D eigenvalue weighted by Crippen LogP contribution is -1.82. The monoisotopic (exact) mass is 223 g/mol. The Labute approximate surface area is 89.2 Å². The van der Waals surface area contributed by atoms with Crippen LogP contribution >= 0.6 is 23.1 Å². The van der Waals surface area contributed by atoms with Gasteiger partial charge in [-0.15, -0.1) is 23.1 Å². The van der Waals surface area contributed by atoms with Crippen LogP contribution < -0.4 is 0 Å². The highest BCUT2D eigenvalue weighted by molar-refractivity contribution is 7.99. The van der Waals surface area contributed by atoms with E-state index in [-0.39, 0.29) is 5.56 Å². The van der Waals surface area contributed by atoms with Gasteiger partial charge in [-0.1, -0.05) is 0 Å². The zero-order valence-electron chi connectivity index (χ0n) is 7.37. The predicted molar refractivity (Wildman–Crippen MR) is 58.3 cm³/mol. The van der Waals surface area contributed by atoms with E-state index in [0.717, 1.165) is 15.0 Å². The van der Waals surface area contributed by atoms with E-state index in [0.29, 0.717) is 0 Å². The van der Waals surface area contributed by atoms with Gasteiger partial charge in [-0.05, 0) is 18.4 Å². The number of thioether (sulfide) groups is 1. The highest BCUT2D eigenvalue weighted by Gasteiger charge is 2.11. The number of benzene rings is 1. The molecule has 0 bridgehead atoms. The summed E-state index contributed by atoms with van der Waals surface area (Å²) in [7, 11) is 0. The van der Waals surface area contributed by atoms with Gasteiger partial charge in [-0.2, -0.15) is 5.26 Å². The van der Waals surface area contributed by atoms with Crippen molar-refractivity contribution in [3.05, 3.63) is 28.9 Å². The normalized spacial score (nSPS) is 10.4. The van der Waals surface area contributed by atoms with Crippen LogP contribution in [0.15, 0.2) is 22.4 Å². The Morgan fingerprint density at radius 2 is 2.29 bits per heavy atom. The fourth-order valence-electron chi connectivity index (χ4n) is 1.31. The van der Waals surface area contributed by atoms with Crippen LogP contribution in [0.4, 0.5) is 4.39 Å². The van der Waals surface area contributed by atoms with Crippen LogP contribution in [0.3, 0.4) is 0 Å². The van der Waals surface area contributed by atoms with Crippen LogP contribution in [-0.4, -0.2) is 6.26 Å². The Hall–Kier alpha value is -1.05. The number of nitrogens with zero attached hydrogens (tertiary/aromatic N) is 1. The molecule has 0 saturated carbocycles. The molecular weight excluding hydrogens is 217 g/mol. The number of thiophene rings is 1. The molecule has 14 heavy (non-hydrogen) atoms. The third kappa shape index (κ3) is 1.29. The molecule has 2 rings (SSSR count).